The molecule has 1 atom stereocenters. The van der Waals surface area contributed by atoms with Crippen LogP contribution in [-0.2, 0) is 0 Å². The molecule has 1 aliphatic heterocycles. The van der Waals surface area contributed by atoms with Gasteiger partial charge >= 0.3 is 0 Å². The van der Waals surface area contributed by atoms with Crippen LogP contribution >= 0.6 is 0 Å². The Morgan fingerprint density at radius 3 is 2.50 bits per heavy atom. The van der Waals surface area contributed by atoms with Crippen LogP contribution in [0.4, 0.5) is 8.78 Å². The van der Waals surface area contributed by atoms with E-state index in [1.165, 1.54) is 0 Å². The highest BCUT2D eigenvalue weighted by Gasteiger charge is 2.40. The van der Waals surface area contributed by atoms with Gasteiger partial charge in [-0.05, 0) is 13.8 Å². The summed E-state index contributed by atoms with van der Waals surface area (Å²) in [6.45, 7) is 3.86. The number of aliphatic hydroxyl groups excluding tert-OH is 1. The number of rotatable bonds is 1. The maximum Gasteiger partial charge on any atom is 0.263 e. The predicted molar refractivity (Wildman–Crippen MR) is 42.3 cm³/mol. The average molecular weight is 179 g/mol. The summed E-state index contributed by atoms with van der Waals surface area (Å²) < 4.78 is 25.7. The second-order valence-electron chi connectivity index (χ2n) is 3.74. The Bertz CT molecular complexity index is 161. The van der Waals surface area contributed by atoms with E-state index in [0.717, 1.165) is 0 Å². The zero-order chi connectivity index (χ0) is 9.35. The van der Waals surface area contributed by atoms with Crippen LogP contribution in [0.25, 0.3) is 0 Å². The summed E-state index contributed by atoms with van der Waals surface area (Å²) in [6.07, 6.45) is -1.27. The molecule has 0 saturated carbocycles. The largest absolute Gasteiger partial charge is 0.392 e. The summed E-state index contributed by atoms with van der Waals surface area (Å²) in [5.74, 6) is -2.72. The second kappa shape index (κ2) is 3.26. The number of β-amino-alcohol motifs (C(OH)–C–C–N with tert-alkyl or cyclic N) is 1. The molecule has 1 N–H and O–H groups in total. The molecule has 1 heterocycles. The summed E-state index contributed by atoms with van der Waals surface area (Å²) in [7, 11) is 0. The number of piperidine rings is 1. The monoisotopic (exact) mass is 179 g/mol. The molecule has 0 aliphatic carbocycles. The first-order valence-corrected chi connectivity index (χ1v) is 4.21. The first kappa shape index (κ1) is 9.86. The molecule has 0 amide bonds. The molecule has 0 aromatic carbocycles. The maximum absolute atomic E-state index is 12.9. The van der Waals surface area contributed by atoms with Crippen LogP contribution in [0, 0.1) is 0 Å². The van der Waals surface area contributed by atoms with Crippen molar-refractivity contribution in [1.82, 2.24) is 4.90 Å². The zero-order valence-electron chi connectivity index (χ0n) is 7.43. The van der Waals surface area contributed by atoms with Gasteiger partial charge in [-0.15, -0.1) is 0 Å². The molecule has 2 nitrogen and oxygen atoms in total. The van der Waals surface area contributed by atoms with E-state index in [-0.39, 0.29) is 12.6 Å². The van der Waals surface area contributed by atoms with Crippen molar-refractivity contribution in [1.29, 1.82) is 0 Å². The van der Waals surface area contributed by atoms with E-state index in [4.69, 9.17) is 5.11 Å². The fraction of sp³-hybridized carbons (Fsp3) is 1.00. The van der Waals surface area contributed by atoms with E-state index in [0.29, 0.717) is 6.54 Å². The molecule has 0 bridgehead atoms. The van der Waals surface area contributed by atoms with E-state index in [2.05, 4.69) is 0 Å². The highest BCUT2D eigenvalue weighted by molar-refractivity contribution is 4.85. The summed E-state index contributed by atoms with van der Waals surface area (Å²) in [4.78, 5) is 1.61. The van der Waals surface area contributed by atoms with Gasteiger partial charge in [-0.1, -0.05) is 0 Å². The minimum absolute atomic E-state index is 0.0748. The van der Waals surface area contributed by atoms with Crippen molar-refractivity contribution >= 4 is 0 Å². The molecule has 0 unspecified atom stereocenters. The van der Waals surface area contributed by atoms with Crippen LogP contribution in [0.1, 0.15) is 20.3 Å². The zero-order valence-corrected chi connectivity index (χ0v) is 7.43. The van der Waals surface area contributed by atoms with E-state index in [1.807, 2.05) is 13.8 Å². The highest BCUT2D eigenvalue weighted by atomic mass is 19.3. The quantitative estimate of drug-likeness (QED) is 0.651. The number of aliphatic hydroxyl groups is 1. The Kier molecular flexibility index (Phi) is 2.68. The summed E-state index contributed by atoms with van der Waals surface area (Å²) in [6, 6.07) is 0.0748. The van der Waals surface area contributed by atoms with Gasteiger partial charge in [-0.25, -0.2) is 8.78 Å². The molecular formula is C8H15F2NO. The van der Waals surface area contributed by atoms with Crippen LogP contribution < -0.4 is 0 Å². The van der Waals surface area contributed by atoms with Crippen LogP contribution in [0.15, 0.2) is 0 Å². The fourth-order valence-corrected chi connectivity index (χ4v) is 1.50. The Labute approximate surface area is 71.2 Å². The average Bonchev–Trinajstić information content (AvgIpc) is 1.82. The van der Waals surface area contributed by atoms with Gasteiger partial charge in [0.1, 0.15) is 0 Å². The summed E-state index contributed by atoms with van der Waals surface area (Å²) >= 11 is 0. The molecule has 0 spiro atoms. The lowest BCUT2D eigenvalue weighted by Gasteiger charge is -2.37. The lowest BCUT2D eigenvalue weighted by Crippen LogP contribution is -2.51. The maximum atomic E-state index is 12.9. The number of likely N-dealkylation sites (tertiary alicyclic amines) is 1. The Morgan fingerprint density at radius 1 is 1.50 bits per heavy atom. The standard InChI is InChI=1S/C8H15F2NO/c1-6(2)11-4-7(12)3-8(9,10)5-11/h6-7,12H,3-5H2,1-2H3/t7-/m0/s1. The third-order valence-corrected chi connectivity index (χ3v) is 2.14. The van der Waals surface area contributed by atoms with Gasteiger partial charge in [-0.3, -0.25) is 4.90 Å². The Balaban J connectivity index is 2.58. The van der Waals surface area contributed by atoms with Crippen LogP contribution in [0.3, 0.4) is 0 Å². The van der Waals surface area contributed by atoms with Crippen LogP contribution in [-0.4, -0.2) is 41.2 Å². The molecule has 1 rings (SSSR count). The number of hydrogen-bond acceptors (Lipinski definition) is 2. The van der Waals surface area contributed by atoms with Gasteiger partial charge in [0.2, 0.25) is 0 Å². The summed E-state index contributed by atoms with van der Waals surface area (Å²) in [5.41, 5.74) is 0. The van der Waals surface area contributed by atoms with Gasteiger partial charge in [0, 0.05) is 19.0 Å². The van der Waals surface area contributed by atoms with E-state index >= 15 is 0 Å². The number of halogens is 2. The van der Waals surface area contributed by atoms with Crippen molar-refractivity contribution in [3.63, 3.8) is 0 Å². The van der Waals surface area contributed by atoms with Crippen molar-refractivity contribution in [3.05, 3.63) is 0 Å². The van der Waals surface area contributed by atoms with Crippen molar-refractivity contribution in [2.45, 2.75) is 38.3 Å². The van der Waals surface area contributed by atoms with E-state index in [1.54, 1.807) is 4.90 Å². The van der Waals surface area contributed by atoms with Gasteiger partial charge < -0.3 is 5.11 Å². The molecular weight excluding hydrogens is 164 g/mol. The van der Waals surface area contributed by atoms with Gasteiger partial charge in [-0.2, -0.15) is 0 Å². The molecule has 72 valence electrons. The van der Waals surface area contributed by atoms with E-state index < -0.39 is 18.4 Å². The number of hydrogen-bond donors (Lipinski definition) is 1. The second-order valence-corrected chi connectivity index (χ2v) is 3.74. The third kappa shape index (κ3) is 2.38. The topological polar surface area (TPSA) is 23.5 Å². The van der Waals surface area contributed by atoms with Crippen LogP contribution in [0.5, 0.6) is 0 Å². The SMILES string of the molecule is CC(C)N1C[C@@H](O)CC(F)(F)C1. The smallest absolute Gasteiger partial charge is 0.263 e. The normalized spacial score (nSPS) is 31.0. The van der Waals surface area contributed by atoms with Crippen LogP contribution in [0.2, 0.25) is 0 Å². The number of nitrogens with zero attached hydrogens (tertiary/aromatic N) is 1. The van der Waals surface area contributed by atoms with Gasteiger partial charge in [0.25, 0.3) is 5.92 Å². The lowest BCUT2D eigenvalue weighted by atomic mass is 10.0. The molecule has 12 heavy (non-hydrogen) atoms. The molecule has 0 aromatic heterocycles. The first-order valence-electron chi connectivity index (χ1n) is 4.21. The third-order valence-electron chi connectivity index (χ3n) is 2.14. The molecule has 0 aromatic rings. The Morgan fingerprint density at radius 2 is 2.08 bits per heavy atom. The lowest BCUT2D eigenvalue weighted by molar-refractivity contribution is -0.114. The van der Waals surface area contributed by atoms with E-state index in [9.17, 15) is 8.78 Å². The molecule has 1 saturated heterocycles. The molecule has 1 aliphatic rings. The minimum atomic E-state index is -2.72. The number of alkyl halides is 2. The van der Waals surface area contributed by atoms with Gasteiger partial charge in [0.05, 0.1) is 12.6 Å². The summed E-state index contributed by atoms with van der Waals surface area (Å²) in [5, 5.41) is 9.14. The predicted octanol–water partition coefficient (Wildman–Crippen LogP) is 1.10. The molecule has 0 radical (unpaired) electrons. The molecule has 4 heteroatoms. The van der Waals surface area contributed by atoms with Crippen molar-refractivity contribution in [3.8, 4) is 0 Å². The van der Waals surface area contributed by atoms with Gasteiger partial charge in [0.15, 0.2) is 0 Å². The van der Waals surface area contributed by atoms with Crippen molar-refractivity contribution < 1.29 is 13.9 Å². The highest BCUT2D eigenvalue weighted by Crippen LogP contribution is 2.27. The Hall–Kier alpha value is -0.220. The minimum Gasteiger partial charge on any atom is -0.392 e. The van der Waals surface area contributed by atoms with Crippen molar-refractivity contribution in [2.24, 2.45) is 0 Å². The first-order chi connectivity index (χ1) is 5.41. The fourth-order valence-electron chi connectivity index (χ4n) is 1.50. The molecule has 1 fully saturated rings. The van der Waals surface area contributed by atoms with Crippen molar-refractivity contribution in [2.75, 3.05) is 13.1 Å².